The maximum absolute atomic E-state index is 13.6. The quantitative estimate of drug-likeness (QED) is 0.452. The van der Waals surface area contributed by atoms with Crippen LogP contribution in [0.3, 0.4) is 0 Å². The molecule has 29 heavy (non-hydrogen) atoms. The minimum Gasteiger partial charge on any atom is -0.466 e. The van der Waals surface area contributed by atoms with Crippen molar-refractivity contribution in [3.05, 3.63) is 103 Å². The molecule has 1 N–H and O–H groups in total. The summed E-state index contributed by atoms with van der Waals surface area (Å²) >= 11 is 9.72. The van der Waals surface area contributed by atoms with Gasteiger partial charge in [-0.2, -0.15) is 0 Å². The van der Waals surface area contributed by atoms with Gasteiger partial charge in [0.1, 0.15) is 5.82 Å². The van der Waals surface area contributed by atoms with Crippen LogP contribution >= 0.6 is 27.5 Å². The minimum atomic E-state index is -0.750. The Morgan fingerprint density at radius 3 is 2.59 bits per heavy atom. The Morgan fingerprint density at radius 1 is 1.31 bits per heavy atom. The number of hydrogen-bond donors (Lipinski definition) is 1. The number of nitrogens with zero attached hydrogens (tertiary/aromatic N) is 1. The van der Waals surface area contributed by atoms with E-state index in [2.05, 4.69) is 26.1 Å². The molecule has 7 heteroatoms. The fraction of sp³-hybridized carbons (Fsp3) is 0.182. The maximum Gasteiger partial charge on any atom is 0.335 e. The topological polar surface area (TPSA) is 42.7 Å². The van der Waals surface area contributed by atoms with Crippen LogP contribution in [0.15, 0.2) is 69.6 Å². The predicted octanol–water partition coefficient (Wildman–Crippen LogP) is 5.75. The summed E-state index contributed by atoms with van der Waals surface area (Å²) in [6.45, 7) is 9.55. The largest absolute Gasteiger partial charge is 0.466 e. The van der Waals surface area contributed by atoms with Crippen LogP contribution in [0.4, 0.5) is 4.39 Å². The molecular weight excluding hydrogens is 459 g/mol. The second kappa shape index (κ2) is 8.81. The van der Waals surface area contributed by atoms with E-state index in [9.17, 15) is 9.18 Å². The molecule has 0 saturated carbocycles. The highest BCUT2D eigenvalue weighted by Crippen LogP contribution is 2.42. The number of carbonyl (C=O) groups excluding carboxylic acids is 1. The minimum absolute atomic E-state index is 0.148. The molecule has 0 aromatic heterocycles. The summed E-state index contributed by atoms with van der Waals surface area (Å²) in [5.74, 6) is -1.81. The Labute approximate surface area is 182 Å². The third-order valence-corrected chi connectivity index (χ3v) is 5.56. The smallest absolute Gasteiger partial charge is 0.335 e. The molecule has 1 atom stereocenters. The monoisotopic (exact) mass is 474 g/mol. The average molecular weight is 476 g/mol. The van der Waals surface area contributed by atoms with Gasteiger partial charge in [-0.05, 0) is 42.3 Å². The van der Waals surface area contributed by atoms with Gasteiger partial charge in [-0.15, -0.1) is 0 Å². The highest BCUT2D eigenvalue weighted by Gasteiger charge is 2.36. The van der Waals surface area contributed by atoms with Gasteiger partial charge in [0.05, 0.1) is 25.2 Å². The van der Waals surface area contributed by atoms with E-state index < -0.39 is 17.7 Å². The van der Waals surface area contributed by atoms with Gasteiger partial charge in [-0.1, -0.05) is 45.7 Å². The molecule has 1 aliphatic rings. The highest BCUT2D eigenvalue weighted by molar-refractivity contribution is 9.10. The number of nitrogens with one attached hydrogen (secondary N) is 1. The molecule has 0 spiro atoms. The van der Waals surface area contributed by atoms with Crippen molar-refractivity contribution in [3.63, 3.8) is 0 Å². The fourth-order valence-corrected chi connectivity index (χ4v) is 3.92. The number of hydrogen-bond acceptors (Lipinski definition) is 3. The molecule has 0 amide bonds. The molecule has 0 saturated heterocycles. The standard InChI is InChI=1S/C22H17BrClFN2O2/c1-12-19(22(28)29-3)20(16-9-8-15(25)11-17(16)24)21(26-2)18(27-12)10-13-4-6-14(23)7-5-13/h4-9,11,20,27H,10H2,1,3H3. The molecule has 0 bridgehead atoms. The summed E-state index contributed by atoms with van der Waals surface area (Å²) in [6, 6.07) is 11.7. The predicted molar refractivity (Wildman–Crippen MR) is 113 cm³/mol. The van der Waals surface area contributed by atoms with Crippen molar-refractivity contribution < 1.29 is 13.9 Å². The molecule has 0 fully saturated rings. The van der Waals surface area contributed by atoms with Crippen molar-refractivity contribution >= 4 is 33.5 Å². The fourth-order valence-electron chi connectivity index (χ4n) is 3.38. The molecule has 148 valence electrons. The molecule has 4 nitrogen and oxygen atoms in total. The summed E-state index contributed by atoms with van der Waals surface area (Å²) < 4.78 is 19.5. The van der Waals surface area contributed by atoms with Crippen molar-refractivity contribution in [2.24, 2.45) is 0 Å². The summed E-state index contributed by atoms with van der Waals surface area (Å²) in [6.07, 6.45) is 0.464. The van der Waals surface area contributed by atoms with Gasteiger partial charge in [-0.3, -0.25) is 0 Å². The van der Waals surface area contributed by atoms with Gasteiger partial charge < -0.3 is 10.1 Å². The zero-order chi connectivity index (χ0) is 21.1. The van der Waals surface area contributed by atoms with Gasteiger partial charge >= 0.3 is 5.97 Å². The van der Waals surface area contributed by atoms with E-state index in [-0.39, 0.29) is 10.6 Å². The zero-order valence-corrected chi connectivity index (χ0v) is 18.1. The molecule has 1 unspecified atom stereocenters. The van der Waals surface area contributed by atoms with Crippen LogP contribution in [-0.2, 0) is 16.0 Å². The first kappa shape index (κ1) is 21.1. The molecule has 2 aromatic carbocycles. The highest BCUT2D eigenvalue weighted by atomic mass is 79.9. The average Bonchev–Trinajstić information content (AvgIpc) is 2.69. The Balaban J connectivity index is 2.16. The van der Waals surface area contributed by atoms with Crippen LogP contribution in [-0.4, -0.2) is 13.1 Å². The zero-order valence-electron chi connectivity index (χ0n) is 15.7. The van der Waals surface area contributed by atoms with Gasteiger partial charge in [-0.25, -0.2) is 14.0 Å². The number of rotatable bonds is 4. The lowest BCUT2D eigenvalue weighted by atomic mass is 9.83. The molecule has 3 rings (SSSR count). The Morgan fingerprint density at radius 2 is 2.00 bits per heavy atom. The SMILES string of the molecule is [C-]#[N+]C1=C(Cc2ccc(Br)cc2)NC(C)=C(C(=O)OC)C1c1ccc(F)cc1Cl. The van der Waals surface area contributed by atoms with E-state index in [1.165, 1.54) is 25.3 Å². The first-order valence-electron chi connectivity index (χ1n) is 8.71. The maximum atomic E-state index is 13.6. The van der Waals surface area contributed by atoms with Crippen molar-refractivity contribution in [2.45, 2.75) is 19.3 Å². The molecular formula is C22H17BrClFN2O2. The van der Waals surface area contributed by atoms with Crippen LogP contribution in [0.2, 0.25) is 5.02 Å². The number of esters is 1. The summed E-state index contributed by atoms with van der Waals surface area (Å²) in [7, 11) is 1.28. The molecule has 2 aromatic rings. The Kier molecular flexibility index (Phi) is 6.41. The summed E-state index contributed by atoms with van der Waals surface area (Å²) in [4.78, 5) is 16.3. The van der Waals surface area contributed by atoms with E-state index in [0.717, 1.165) is 10.0 Å². The molecule has 0 radical (unpaired) electrons. The van der Waals surface area contributed by atoms with E-state index in [1.807, 2.05) is 24.3 Å². The normalized spacial score (nSPS) is 16.3. The lowest BCUT2D eigenvalue weighted by Crippen LogP contribution is -2.29. The van der Waals surface area contributed by atoms with Crippen molar-refractivity contribution in [3.8, 4) is 0 Å². The first-order valence-corrected chi connectivity index (χ1v) is 9.88. The number of halogens is 3. The van der Waals surface area contributed by atoms with Gasteiger partial charge in [0.15, 0.2) is 5.70 Å². The van der Waals surface area contributed by atoms with Crippen LogP contribution in [0.1, 0.15) is 24.0 Å². The second-order valence-electron chi connectivity index (χ2n) is 6.53. The van der Waals surface area contributed by atoms with E-state index in [0.29, 0.717) is 29.1 Å². The Bertz CT molecular complexity index is 1070. The summed E-state index contributed by atoms with van der Waals surface area (Å²) in [5, 5.41) is 3.34. The Hall–Kier alpha value is -2.62. The van der Waals surface area contributed by atoms with E-state index in [4.69, 9.17) is 22.9 Å². The van der Waals surface area contributed by atoms with Crippen LogP contribution in [0, 0.1) is 12.4 Å². The van der Waals surface area contributed by atoms with E-state index >= 15 is 0 Å². The second-order valence-corrected chi connectivity index (χ2v) is 7.86. The number of allylic oxidation sites excluding steroid dienone is 3. The first-order chi connectivity index (χ1) is 13.8. The van der Waals surface area contributed by atoms with Crippen LogP contribution in [0.5, 0.6) is 0 Å². The van der Waals surface area contributed by atoms with E-state index in [1.54, 1.807) is 6.92 Å². The van der Waals surface area contributed by atoms with Gasteiger partial charge in [0, 0.05) is 27.3 Å². The molecule has 1 heterocycles. The molecule has 0 aliphatic carbocycles. The third-order valence-electron chi connectivity index (χ3n) is 4.71. The lowest BCUT2D eigenvalue weighted by molar-refractivity contribution is -0.136. The number of benzene rings is 2. The third kappa shape index (κ3) is 4.36. The van der Waals surface area contributed by atoms with Gasteiger partial charge in [0.25, 0.3) is 0 Å². The van der Waals surface area contributed by atoms with Crippen molar-refractivity contribution in [1.82, 2.24) is 5.32 Å². The van der Waals surface area contributed by atoms with Crippen molar-refractivity contribution in [2.75, 3.05) is 7.11 Å². The number of methoxy groups -OCH3 is 1. The van der Waals surface area contributed by atoms with Crippen molar-refractivity contribution in [1.29, 1.82) is 0 Å². The number of dihydropyridines is 1. The number of carbonyl (C=O) groups is 1. The van der Waals surface area contributed by atoms with Gasteiger partial charge in [0.2, 0.25) is 0 Å². The summed E-state index contributed by atoms with van der Waals surface area (Å²) in [5.41, 5.74) is 3.32. The van der Waals surface area contributed by atoms with Crippen LogP contribution < -0.4 is 5.32 Å². The lowest BCUT2D eigenvalue weighted by Gasteiger charge is -2.30. The van der Waals surface area contributed by atoms with Crippen LogP contribution in [0.25, 0.3) is 4.85 Å². The molecule has 1 aliphatic heterocycles. The number of ether oxygens (including phenoxy) is 1.